The number of sulfonamides is 1. The van der Waals surface area contributed by atoms with Crippen LogP contribution in [0.3, 0.4) is 0 Å². The van der Waals surface area contributed by atoms with Crippen LogP contribution in [0.25, 0.3) is 0 Å². The van der Waals surface area contributed by atoms with Gasteiger partial charge in [0, 0.05) is 29.6 Å². The Morgan fingerprint density at radius 1 is 0.809 bits per heavy atom. The fourth-order valence-electron chi connectivity index (χ4n) is 5.03. The lowest BCUT2D eigenvalue weighted by atomic mass is 10.0. The van der Waals surface area contributed by atoms with Crippen LogP contribution in [0.4, 0.5) is 5.69 Å². The summed E-state index contributed by atoms with van der Waals surface area (Å²) in [5.41, 5.74) is 1.77. The van der Waals surface area contributed by atoms with Gasteiger partial charge in [-0.2, -0.15) is 0 Å². The molecule has 0 spiro atoms. The summed E-state index contributed by atoms with van der Waals surface area (Å²) in [6.07, 6.45) is 1.88. The van der Waals surface area contributed by atoms with Crippen LogP contribution >= 0.6 is 23.2 Å². The van der Waals surface area contributed by atoms with Crippen LogP contribution in [-0.2, 0) is 32.6 Å². The maximum absolute atomic E-state index is 14.6. The molecule has 0 aliphatic rings. The molecule has 0 aliphatic heterocycles. The summed E-state index contributed by atoms with van der Waals surface area (Å²) < 4.78 is 35.4. The quantitative estimate of drug-likeness (QED) is 0.126. The summed E-state index contributed by atoms with van der Waals surface area (Å²) >= 11 is 12.2. The second-order valence-corrected chi connectivity index (χ2v) is 13.6. The average molecular weight is 697 g/mol. The Labute approximate surface area is 287 Å². The second kappa shape index (κ2) is 17.2. The van der Waals surface area contributed by atoms with Crippen molar-refractivity contribution in [3.63, 3.8) is 0 Å². The highest BCUT2D eigenvalue weighted by atomic mass is 35.5. The zero-order valence-corrected chi connectivity index (χ0v) is 28.8. The van der Waals surface area contributed by atoms with Gasteiger partial charge < -0.3 is 15.0 Å². The predicted octanol–water partition coefficient (Wildman–Crippen LogP) is 7.14. The zero-order chi connectivity index (χ0) is 33.8. The number of anilines is 1. The third kappa shape index (κ3) is 9.73. The molecular formula is C36H39Cl2N3O5S. The van der Waals surface area contributed by atoms with E-state index in [0.29, 0.717) is 22.3 Å². The lowest BCUT2D eigenvalue weighted by Gasteiger charge is -2.34. The van der Waals surface area contributed by atoms with Gasteiger partial charge in [-0.25, -0.2) is 8.42 Å². The molecule has 0 aliphatic carbocycles. The summed E-state index contributed by atoms with van der Waals surface area (Å²) in [6, 6.07) is 27.8. The van der Waals surface area contributed by atoms with Crippen molar-refractivity contribution in [2.75, 3.05) is 24.0 Å². The number of carbonyl (C=O) groups excluding carboxylic acids is 2. The van der Waals surface area contributed by atoms with Gasteiger partial charge in [0.05, 0.1) is 17.2 Å². The highest BCUT2D eigenvalue weighted by Crippen LogP contribution is 2.33. The van der Waals surface area contributed by atoms with Crippen molar-refractivity contribution in [3.05, 3.63) is 124 Å². The fourth-order valence-corrected chi connectivity index (χ4v) is 6.71. The lowest BCUT2D eigenvalue weighted by Crippen LogP contribution is -2.53. The van der Waals surface area contributed by atoms with Crippen LogP contribution in [0, 0.1) is 0 Å². The highest BCUT2D eigenvalue weighted by molar-refractivity contribution is 7.92. The lowest BCUT2D eigenvalue weighted by molar-refractivity contribution is -0.140. The number of halogens is 2. The van der Waals surface area contributed by atoms with Gasteiger partial charge in [0.2, 0.25) is 11.8 Å². The van der Waals surface area contributed by atoms with Gasteiger partial charge >= 0.3 is 0 Å². The normalized spacial score (nSPS) is 11.8. The predicted molar refractivity (Wildman–Crippen MR) is 187 cm³/mol. The minimum atomic E-state index is -4.31. The maximum atomic E-state index is 14.6. The van der Waals surface area contributed by atoms with E-state index in [1.54, 1.807) is 55.5 Å². The molecule has 0 fully saturated rings. The molecule has 11 heteroatoms. The number of hydrogen-bond acceptors (Lipinski definition) is 5. The number of rotatable bonds is 16. The molecule has 0 saturated carbocycles. The number of unbranched alkanes of at least 4 members (excludes halogenated alkanes) is 1. The molecule has 0 saturated heterocycles. The van der Waals surface area contributed by atoms with Crippen molar-refractivity contribution in [1.82, 2.24) is 10.2 Å². The monoisotopic (exact) mass is 695 g/mol. The number of ether oxygens (including phenoxy) is 1. The number of para-hydroxylation sites is 2. The average Bonchev–Trinajstić information content (AvgIpc) is 3.07. The molecule has 0 bridgehead atoms. The fraction of sp³-hybridized carbons (Fsp3) is 0.278. The molecule has 0 heterocycles. The summed E-state index contributed by atoms with van der Waals surface area (Å²) in [5.74, 6) is -0.607. The summed E-state index contributed by atoms with van der Waals surface area (Å²) in [5, 5.41) is 3.88. The first kappa shape index (κ1) is 35.8. The van der Waals surface area contributed by atoms with E-state index in [4.69, 9.17) is 27.9 Å². The van der Waals surface area contributed by atoms with Crippen molar-refractivity contribution in [2.24, 2.45) is 0 Å². The minimum Gasteiger partial charge on any atom is -0.492 e. The Kier molecular flexibility index (Phi) is 13.1. The first-order valence-corrected chi connectivity index (χ1v) is 17.7. The van der Waals surface area contributed by atoms with E-state index in [-0.39, 0.29) is 36.1 Å². The van der Waals surface area contributed by atoms with Crippen molar-refractivity contribution in [1.29, 1.82) is 0 Å². The van der Waals surface area contributed by atoms with E-state index in [2.05, 4.69) is 5.32 Å². The molecule has 0 aromatic heterocycles. The number of carbonyl (C=O) groups is 2. The van der Waals surface area contributed by atoms with E-state index in [1.807, 2.05) is 37.3 Å². The molecular weight excluding hydrogens is 657 g/mol. The Balaban J connectivity index is 1.82. The number of amides is 2. The Morgan fingerprint density at radius 2 is 1.43 bits per heavy atom. The summed E-state index contributed by atoms with van der Waals surface area (Å²) in [7, 11) is -4.31. The van der Waals surface area contributed by atoms with Gasteiger partial charge in [-0.05, 0) is 73.0 Å². The van der Waals surface area contributed by atoms with E-state index < -0.39 is 28.5 Å². The van der Waals surface area contributed by atoms with E-state index in [1.165, 1.54) is 29.2 Å². The van der Waals surface area contributed by atoms with Gasteiger partial charge in [-0.3, -0.25) is 13.9 Å². The zero-order valence-electron chi connectivity index (χ0n) is 26.4. The summed E-state index contributed by atoms with van der Waals surface area (Å²) in [4.78, 5) is 29.9. The number of nitrogens with one attached hydrogen (secondary N) is 1. The SMILES string of the molecule is CCCCNC(=O)[C@H](Cc1ccccc1)N(Cc1ccc(Cl)cc1)C(=O)CN(c1ccccc1OCC)S(=O)(=O)c1ccc(Cl)cc1. The number of benzene rings is 4. The number of nitrogens with zero attached hydrogens (tertiary/aromatic N) is 2. The van der Waals surface area contributed by atoms with Gasteiger partial charge in [0.15, 0.2) is 0 Å². The maximum Gasteiger partial charge on any atom is 0.264 e. The molecule has 4 aromatic rings. The van der Waals surface area contributed by atoms with Crippen molar-refractivity contribution in [3.8, 4) is 5.75 Å². The van der Waals surface area contributed by atoms with Gasteiger partial charge in [-0.15, -0.1) is 0 Å². The van der Waals surface area contributed by atoms with Gasteiger partial charge in [-0.1, -0.05) is 91.1 Å². The number of hydrogen-bond donors (Lipinski definition) is 1. The summed E-state index contributed by atoms with van der Waals surface area (Å²) in [6.45, 7) is 3.98. The topological polar surface area (TPSA) is 96.0 Å². The molecule has 4 rings (SSSR count). The third-order valence-electron chi connectivity index (χ3n) is 7.48. The standard InChI is InChI=1S/C36H39Cl2N3O5S/c1-3-5-23-39-36(43)33(24-27-11-7-6-8-12-27)40(25-28-15-17-29(37)18-16-28)35(42)26-41(32-13-9-10-14-34(32)46-4-2)47(44,45)31-21-19-30(38)20-22-31/h6-22,33H,3-5,23-26H2,1-2H3,(H,39,43)/t33-/m0/s1. The molecule has 8 nitrogen and oxygen atoms in total. The van der Waals surface area contributed by atoms with E-state index in [9.17, 15) is 18.0 Å². The first-order valence-electron chi connectivity index (χ1n) is 15.5. The largest absolute Gasteiger partial charge is 0.492 e. The highest BCUT2D eigenvalue weighted by Gasteiger charge is 2.35. The van der Waals surface area contributed by atoms with Crippen molar-refractivity contribution in [2.45, 2.75) is 50.6 Å². The smallest absolute Gasteiger partial charge is 0.264 e. The first-order chi connectivity index (χ1) is 22.6. The van der Waals surface area contributed by atoms with Gasteiger partial charge in [0.1, 0.15) is 18.3 Å². The van der Waals surface area contributed by atoms with Crippen molar-refractivity contribution >= 4 is 50.7 Å². The van der Waals surface area contributed by atoms with E-state index >= 15 is 0 Å². The van der Waals surface area contributed by atoms with Crippen LogP contribution in [0.1, 0.15) is 37.8 Å². The second-order valence-electron chi connectivity index (χ2n) is 10.9. The van der Waals surface area contributed by atoms with Crippen LogP contribution < -0.4 is 14.4 Å². The molecule has 4 aromatic carbocycles. The molecule has 248 valence electrons. The minimum absolute atomic E-state index is 0.0383. The van der Waals surface area contributed by atoms with Crippen LogP contribution in [0.15, 0.2) is 108 Å². The van der Waals surface area contributed by atoms with Crippen LogP contribution in [0.2, 0.25) is 10.0 Å². The molecule has 0 unspecified atom stereocenters. The Morgan fingerprint density at radius 3 is 2.06 bits per heavy atom. The molecule has 1 N–H and O–H groups in total. The Hall–Kier alpha value is -4.05. The third-order valence-corrected chi connectivity index (χ3v) is 9.76. The van der Waals surface area contributed by atoms with Crippen LogP contribution in [0.5, 0.6) is 5.75 Å². The van der Waals surface area contributed by atoms with Crippen LogP contribution in [-0.4, -0.2) is 50.9 Å². The molecule has 1 atom stereocenters. The molecule has 0 radical (unpaired) electrons. The molecule has 47 heavy (non-hydrogen) atoms. The molecule has 2 amide bonds. The Bertz CT molecular complexity index is 1720. The van der Waals surface area contributed by atoms with Crippen molar-refractivity contribution < 1.29 is 22.7 Å². The van der Waals surface area contributed by atoms with Gasteiger partial charge in [0.25, 0.3) is 10.0 Å². The van der Waals surface area contributed by atoms with E-state index in [0.717, 1.165) is 28.3 Å².